The Hall–Kier alpha value is -1.44. The number of hydrogen-bond acceptors (Lipinski definition) is 5. The van der Waals surface area contributed by atoms with Crippen LogP contribution in [-0.4, -0.2) is 79.0 Å². The van der Waals surface area contributed by atoms with Crippen LogP contribution in [0.1, 0.15) is 36.6 Å². The zero-order valence-corrected chi connectivity index (χ0v) is 16.7. The molecule has 1 atom stereocenters. The molecule has 1 aromatic heterocycles. The summed E-state index contributed by atoms with van der Waals surface area (Å²) in [5, 5.41) is 2.09. The highest BCUT2D eigenvalue weighted by atomic mass is 32.1. The number of piperidine rings is 1. The van der Waals surface area contributed by atoms with Crippen molar-refractivity contribution in [1.82, 2.24) is 14.7 Å². The molecule has 0 bridgehead atoms. The molecule has 4 heterocycles. The first-order chi connectivity index (χ1) is 13.2. The third kappa shape index (κ3) is 4.36. The maximum Gasteiger partial charge on any atom is 0.237 e. The van der Waals surface area contributed by atoms with Crippen LogP contribution in [0.3, 0.4) is 0 Å². The molecule has 0 N–H and O–H groups in total. The summed E-state index contributed by atoms with van der Waals surface area (Å²) in [5.74, 6) is 0.630. The molecule has 27 heavy (non-hydrogen) atoms. The van der Waals surface area contributed by atoms with Gasteiger partial charge < -0.3 is 14.5 Å². The van der Waals surface area contributed by atoms with Crippen molar-refractivity contribution in [3.63, 3.8) is 0 Å². The summed E-state index contributed by atoms with van der Waals surface area (Å²) in [6.45, 7) is 5.77. The molecule has 0 radical (unpaired) electrons. The van der Waals surface area contributed by atoms with E-state index in [1.165, 1.54) is 4.88 Å². The smallest absolute Gasteiger partial charge is 0.237 e. The summed E-state index contributed by atoms with van der Waals surface area (Å²) in [7, 11) is 0. The summed E-state index contributed by atoms with van der Waals surface area (Å²) in [6, 6.07) is 4.47. The van der Waals surface area contributed by atoms with E-state index in [1.807, 2.05) is 4.90 Å². The highest BCUT2D eigenvalue weighted by Gasteiger charge is 2.33. The number of nitrogens with zero attached hydrogens (tertiary/aromatic N) is 3. The van der Waals surface area contributed by atoms with E-state index in [0.29, 0.717) is 19.8 Å². The van der Waals surface area contributed by atoms with Crippen molar-refractivity contribution >= 4 is 23.2 Å². The second kappa shape index (κ2) is 8.71. The van der Waals surface area contributed by atoms with Crippen molar-refractivity contribution in [2.24, 2.45) is 5.92 Å². The number of carbonyl (C=O) groups excluding carboxylic acids is 2. The Kier molecular flexibility index (Phi) is 6.10. The van der Waals surface area contributed by atoms with Gasteiger partial charge in [-0.25, -0.2) is 0 Å². The van der Waals surface area contributed by atoms with Crippen molar-refractivity contribution in [3.05, 3.63) is 22.4 Å². The maximum absolute atomic E-state index is 12.9. The van der Waals surface area contributed by atoms with Crippen molar-refractivity contribution in [3.8, 4) is 0 Å². The topological polar surface area (TPSA) is 53.1 Å². The van der Waals surface area contributed by atoms with Gasteiger partial charge in [0, 0.05) is 30.4 Å². The average molecular weight is 392 g/mol. The van der Waals surface area contributed by atoms with Gasteiger partial charge in [0.2, 0.25) is 11.8 Å². The Morgan fingerprint density at radius 1 is 1.07 bits per heavy atom. The summed E-state index contributed by atoms with van der Waals surface area (Å²) in [4.78, 5) is 33.1. The van der Waals surface area contributed by atoms with Crippen LogP contribution in [0.2, 0.25) is 0 Å². The van der Waals surface area contributed by atoms with Crippen molar-refractivity contribution in [2.75, 3.05) is 52.5 Å². The molecule has 148 valence electrons. The van der Waals surface area contributed by atoms with E-state index in [2.05, 4.69) is 27.3 Å². The van der Waals surface area contributed by atoms with E-state index in [9.17, 15) is 9.59 Å². The minimum Gasteiger partial charge on any atom is -0.378 e. The first kappa shape index (κ1) is 18.9. The second-order valence-electron chi connectivity index (χ2n) is 7.75. The van der Waals surface area contributed by atoms with Gasteiger partial charge in [0.25, 0.3) is 0 Å². The number of morpholine rings is 1. The van der Waals surface area contributed by atoms with Gasteiger partial charge in [-0.15, -0.1) is 11.3 Å². The van der Waals surface area contributed by atoms with Gasteiger partial charge in [0.15, 0.2) is 0 Å². The molecule has 0 aliphatic carbocycles. The van der Waals surface area contributed by atoms with E-state index in [-0.39, 0.29) is 23.8 Å². The zero-order chi connectivity index (χ0) is 18.6. The van der Waals surface area contributed by atoms with E-state index >= 15 is 0 Å². The monoisotopic (exact) mass is 391 g/mol. The highest BCUT2D eigenvalue weighted by Crippen LogP contribution is 2.34. The Bertz CT molecular complexity index is 637. The molecule has 4 rings (SSSR count). The van der Waals surface area contributed by atoms with Gasteiger partial charge in [-0.1, -0.05) is 6.07 Å². The van der Waals surface area contributed by atoms with Crippen molar-refractivity contribution < 1.29 is 14.3 Å². The predicted octanol–water partition coefficient (Wildman–Crippen LogP) is 1.98. The van der Waals surface area contributed by atoms with E-state index < -0.39 is 0 Å². The van der Waals surface area contributed by atoms with Crippen LogP contribution >= 0.6 is 11.3 Å². The molecule has 0 saturated carbocycles. The lowest BCUT2D eigenvalue weighted by atomic mass is 9.95. The number of likely N-dealkylation sites (tertiary alicyclic amines) is 2. The lowest BCUT2D eigenvalue weighted by Crippen LogP contribution is -2.48. The first-order valence-corrected chi connectivity index (χ1v) is 11.0. The van der Waals surface area contributed by atoms with Crippen LogP contribution in [0.5, 0.6) is 0 Å². The fraction of sp³-hybridized carbons (Fsp3) is 0.700. The van der Waals surface area contributed by atoms with Crippen LogP contribution < -0.4 is 0 Å². The van der Waals surface area contributed by atoms with Crippen LogP contribution in [0.15, 0.2) is 17.5 Å². The molecule has 3 aliphatic heterocycles. The van der Waals surface area contributed by atoms with Gasteiger partial charge in [-0.05, 0) is 50.2 Å². The van der Waals surface area contributed by atoms with Crippen LogP contribution in [0, 0.1) is 5.92 Å². The average Bonchev–Trinajstić information content (AvgIpc) is 3.40. The van der Waals surface area contributed by atoms with Gasteiger partial charge >= 0.3 is 0 Å². The molecule has 3 saturated heterocycles. The Morgan fingerprint density at radius 2 is 1.85 bits per heavy atom. The Morgan fingerprint density at radius 3 is 2.56 bits per heavy atom. The Balaban J connectivity index is 1.26. The summed E-state index contributed by atoms with van der Waals surface area (Å²) in [5.41, 5.74) is 0. The fourth-order valence-electron chi connectivity index (χ4n) is 4.50. The lowest BCUT2D eigenvalue weighted by Gasteiger charge is -2.36. The zero-order valence-electron chi connectivity index (χ0n) is 15.8. The van der Waals surface area contributed by atoms with Gasteiger partial charge in [0.05, 0.1) is 25.8 Å². The minimum atomic E-state index is 0.111. The number of hydrogen-bond donors (Lipinski definition) is 0. The molecule has 1 aromatic rings. The SMILES string of the molecule is O=C(C1CCN(CC(=O)N2CCCC2c2cccs2)CC1)N1CCOCC1. The molecular weight excluding hydrogens is 362 g/mol. The molecule has 6 nitrogen and oxygen atoms in total. The molecule has 0 aromatic carbocycles. The molecule has 1 unspecified atom stereocenters. The summed E-state index contributed by atoms with van der Waals surface area (Å²) >= 11 is 1.75. The normalized spacial score (nSPS) is 25.1. The van der Waals surface area contributed by atoms with E-state index in [4.69, 9.17) is 4.74 Å². The van der Waals surface area contributed by atoms with E-state index in [1.54, 1.807) is 11.3 Å². The van der Waals surface area contributed by atoms with Crippen LogP contribution in [-0.2, 0) is 14.3 Å². The molecular formula is C20H29N3O3S. The number of ether oxygens (including phenoxy) is 1. The van der Waals surface area contributed by atoms with Gasteiger partial charge in [-0.3, -0.25) is 14.5 Å². The largest absolute Gasteiger partial charge is 0.378 e. The van der Waals surface area contributed by atoms with Crippen molar-refractivity contribution in [2.45, 2.75) is 31.7 Å². The van der Waals surface area contributed by atoms with Crippen LogP contribution in [0.4, 0.5) is 0 Å². The predicted molar refractivity (Wildman–Crippen MR) is 105 cm³/mol. The summed E-state index contributed by atoms with van der Waals surface area (Å²) < 4.78 is 5.34. The highest BCUT2D eigenvalue weighted by molar-refractivity contribution is 7.10. The molecule has 2 amide bonds. The Labute approximate surface area is 165 Å². The number of carbonyl (C=O) groups is 2. The van der Waals surface area contributed by atoms with Crippen LogP contribution in [0.25, 0.3) is 0 Å². The number of amides is 2. The maximum atomic E-state index is 12.9. The molecule has 0 spiro atoms. The van der Waals surface area contributed by atoms with Gasteiger partial charge in [-0.2, -0.15) is 0 Å². The van der Waals surface area contributed by atoms with Crippen molar-refractivity contribution in [1.29, 1.82) is 0 Å². The fourth-order valence-corrected chi connectivity index (χ4v) is 5.38. The first-order valence-electron chi connectivity index (χ1n) is 10.1. The third-order valence-corrected chi connectivity index (χ3v) is 7.04. The minimum absolute atomic E-state index is 0.111. The quantitative estimate of drug-likeness (QED) is 0.788. The number of thiophene rings is 1. The standard InChI is InChI=1S/C20H29N3O3S/c24-19(23-7-1-3-17(23)18-4-2-14-27-18)15-21-8-5-16(6-9-21)20(25)22-10-12-26-13-11-22/h2,4,14,16-17H,1,3,5-13,15H2. The van der Waals surface area contributed by atoms with Gasteiger partial charge in [0.1, 0.15) is 0 Å². The summed E-state index contributed by atoms with van der Waals surface area (Å²) in [6.07, 6.45) is 3.88. The second-order valence-corrected chi connectivity index (χ2v) is 8.73. The third-order valence-electron chi connectivity index (χ3n) is 6.06. The molecule has 3 aliphatic rings. The number of rotatable bonds is 4. The molecule has 7 heteroatoms. The van der Waals surface area contributed by atoms with E-state index in [0.717, 1.165) is 58.4 Å². The molecule has 3 fully saturated rings. The lowest BCUT2D eigenvalue weighted by molar-refractivity contribution is -0.141.